The number of aromatic carboxylic acids is 1. The van der Waals surface area contributed by atoms with Gasteiger partial charge < -0.3 is 15.7 Å². The second-order valence-electron chi connectivity index (χ2n) is 5.56. The van der Waals surface area contributed by atoms with E-state index in [0.29, 0.717) is 6.54 Å². The first-order chi connectivity index (χ1) is 9.96. The SMILES string of the molecule is CCCC1(CNC(=O)Nc2ccc(F)c(C(=O)O)c2)CC1. The van der Waals surface area contributed by atoms with E-state index in [1.807, 2.05) is 0 Å². The lowest BCUT2D eigenvalue weighted by Crippen LogP contribution is -2.33. The number of hydrogen-bond donors (Lipinski definition) is 3. The molecule has 1 aliphatic rings. The summed E-state index contributed by atoms with van der Waals surface area (Å²) in [6, 6.07) is 3.06. The maximum Gasteiger partial charge on any atom is 0.338 e. The van der Waals surface area contributed by atoms with Crippen molar-refractivity contribution in [1.82, 2.24) is 5.32 Å². The van der Waals surface area contributed by atoms with Crippen LogP contribution < -0.4 is 10.6 Å². The maximum absolute atomic E-state index is 13.2. The van der Waals surface area contributed by atoms with Crippen molar-refractivity contribution in [2.24, 2.45) is 5.41 Å². The first-order valence-corrected chi connectivity index (χ1v) is 7.03. The third-order valence-electron chi connectivity index (χ3n) is 3.82. The Labute approximate surface area is 122 Å². The number of benzene rings is 1. The van der Waals surface area contributed by atoms with Gasteiger partial charge in [0.25, 0.3) is 0 Å². The summed E-state index contributed by atoms with van der Waals surface area (Å²) in [5, 5.41) is 14.2. The molecule has 1 saturated carbocycles. The Morgan fingerprint density at radius 2 is 2.10 bits per heavy atom. The molecular weight excluding hydrogens is 275 g/mol. The van der Waals surface area contributed by atoms with Crippen molar-refractivity contribution in [2.75, 3.05) is 11.9 Å². The molecule has 0 spiro atoms. The van der Waals surface area contributed by atoms with Gasteiger partial charge in [0.05, 0.1) is 5.56 Å². The minimum Gasteiger partial charge on any atom is -0.478 e. The molecular formula is C15H19FN2O3. The van der Waals surface area contributed by atoms with E-state index >= 15 is 0 Å². The van der Waals surface area contributed by atoms with E-state index < -0.39 is 23.4 Å². The highest BCUT2D eigenvalue weighted by Gasteiger charge is 2.41. The predicted octanol–water partition coefficient (Wildman–Crippen LogP) is 3.23. The fourth-order valence-electron chi connectivity index (χ4n) is 2.43. The number of amides is 2. The zero-order valence-electron chi connectivity index (χ0n) is 11.9. The maximum atomic E-state index is 13.2. The van der Waals surface area contributed by atoms with Gasteiger partial charge in [-0.05, 0) is 42.9 Å². The third kappa shape index (κ3) is 3.93. The Morgan fingerprint density at radius 1 is 1.38 bits per heavy atom. The first kappa shape index (κ1) is 15.3. The number of halogens is 1. The van der Waals surface area contributed by atoms with E-state index in [-0.39, 0.29) is 11.1 Å². The van der Waals surface area contributed by atoms with Gasteiger partial charge in [-0.3, -0.25) is 0 Å². The van der Waals surface area contributed by atoms with Gasteiger partial charge in [-0.25, -0.2) is 14.0 Å². The summed E-state index contributed by atoms with van der Waals surface area (Å²) in [6.07, 6.45) is 4.43. The highest BCUT2D eigenvalue weighted by Crippen LogP contribution is 2.48. The van der Waals surface area contributed by atoms with Crippen molar-refractivity contribution < 1.29 is 19.1 Å². The quantitative estimate of drug-likeness (QED) is 0.753. The van der Waals surface area contributed by atoms with Gasteiger partial charge in [0.2, 0.25) is 0 Å². The molecule has 0 radical (unpaired) electrons. The molecule has 0 heterocycles. The highest BCUT2D eigenvalue weighted by atomic mass is 19.1. The van der Waals surface area contributed by atoms with Crippen molar-refractivity contribution in [2.45, 2.75) is 32.6 Å². The van der Waals surface area contributed by atoms with Crippen molar-refractivity contribution in [3.63, 3.8) is 0 Å². The monoisotopic (exact) mass is 294 g/mol. The van der Waals surface area contributed by atoms with Gasteiger partial charge in [-0.1, -0.05) is 13.3 Å². The number of carboxylic acid groups (broad SMARTS) is 1. The molecule has 1 aliphatic carbocycles. The average Bonchev–Trinajstić information content (AvgIpc) is 3.19. The zero-order valence-corrected chi connectivity index (χ0v) is 11.9. The molecule has 0 atom stereocenters. The molecule has 3 N–H and O–H groups in total. The van der Waals surface area contributed by atoms with Crippen LogP contribution in [0.2, 0.25) is 0 Å². The van der Waals surface area contributed by atoms with Crippen LogP contribution in [0.1, 0.15) is 43.0 Å². The molecule has 0 aliphatic heterocycles. The number of carboxylic acids is 1. The van der Waals surface area contributed by atoms with Crippen LogP contribution in [0, 0.1) is 11.2 Å². The lowest BCUT2D eigenvalue weighted by Gasteiger charge is -2.15. The molecule has 5 nitrogen and oxygen atoms in total. The topological polar surface area (TPSA) is 78.4 Å². The minimum atomic E-state index is -1.36. The summed E-state index contributed by atoms with van der Waals surface area (Å²) in [4.78, 5) is 22.6. The molecule has 2 rings (SSSR count). The molecule has 114 valence electrons. The van der Waals surface area contributed by atoms with Crippen LogP contribution in [0.15, 0.2) is 18.2 Å². The number of carbonyl (C=O) groups excluding carboxylic acids is 1. The van der Waals surface area contributed by atoms with Crippen LogP contribution in [-0.4, -0.2) is 23.7 Å². The minimum absolute atomic E-state index is 0.237. The second kappa shape index (κ2) is 6.11. The van der Waals surface area contributed by atoms with Gasteiger partial charge in [0, 0.05) is 12.2 Å². The second-order valence-corrected chi connectivity index (χ2v) is 5.56. The van der Waals surface area contributed by atoms with Gasteiger partial charge in [0.15, 0.2) is 0 Å². The normalized spacial score (nSPS) is 15.3. The van der Waals surface area contributed by atoms with Crippen LogP contribution in [0.3, 0.4) is 0 Å². The summed E-state index contributed by atoms with van der Waals surface area (Å²) >= 11 is 0. The molecule has 1 aromatic carbocycles. The standard InChI is InChI=1S/C15H19FN2O3/c1-2-5-15(6-7-15)9-17-14(21)18-10-3-4-12(16)11(8-10)13(19)20/h3-4,8H,2,5-7,9H2,1H3,(H,19,20)(H2,17,18,21). The van der Waals surface area contributed by atoms with E-state index in [9.17, 15) is 14.0 Å². The number of hydrogen-bond acceptors (Lipinski definition) is 2. The highest BCUT2D eigenvalue weighted by molar-refractivity contribution is 5.93. The third-order valence-corrected chi connectivity index (χ3v) is 3.82. The van der Waals surface area contributed by atoms with E-state index in [0.717, 1.165) is 37.8 Å². The summed E-state index contributed by atoms with van der Waals surface area (Å²) in [7, 11) is 0. The van der Waals surface area contributed by atoms with Crippen LogP contribution in [0.4, 0.5) is 14.9 Å². The Bertz CT molecular complexity index is 556. The van der Waals surface area contributed by atoms with Crippen LogP contribution >= 0.6 is 0 Å². The number of carbonyl (C=O) groups is 2. The summed E-state index contributed by atoms with van der Waals surface area (Å²) in [5.74, 6) is -2.19. The van der Waals surface area contributed by atoms with Crippen molar-refractivity contribution in [3.05, 3.63) is 29.6 Å². The van der Waals surface area contributed by atoms with Crippen molar-refractivity contribution in [1.29, 1.82) is 0 Å². The molecule has 1 fully saturated rings. The fourth-order valence-corrected chi connectivity index (χ4v) is 2.43. The number of urea groups is 1. The van der Waals surface area contributed by atoms with Gasteiger partial charge >= 0.3 is 12.0 Å². The average molecular weight is 294 g/mol. The molecule has 0 bridgehead atoms. The zero-order chi connectivity index (χ0) is 15.5. The van der Waals surface area contributed by atoms with Gasteiger partial charge in [-0.2, -0.15) is 0 Å². The fraction of sp³-hybridized carbons (Fsp3) is 0.467. The predicted molar refractivity (Wildman–Crippen MR) is 77.0 cm³/mol. The Balaban J connectivity index is 1.91. The lowest BCUT2D eigenvalue weighted by molar-refractivity contribution is 0.0692. The van der Waals surface area contributed by atoms with E-state index in [1.165, 1.54) is 6.07 Å². The van der Waals surface area contributed by atoms with Crippen LogP contribution in [0.25, 0.3) is 0 Å². The molecule has 2 amide bonds. The Kier molecular flexibility index (Phi) is 4.45. The van der Waals surface area contributed by atoms with Crippen molar-refractivity contribution in [3.8, 4) is 0 Å². The number of nitrogens with one attached hydrogen (secondary N) is 2. The van der Waals surface area contributed by atoms with E-state index in [4.69, 9.17) is 5.11 Å². The summed E-state index contributed by atoms with van der Waals surface area (Å²) < 4.78 is 13.2. The van der Waals surface area contributed by atoms with Crippen LogP contribution in [-0.2, 0) is 0 Å². The summed E-state index contributed by atoms with van der Waals surface area (Å²) in [6.45, 7) is 2.73. The Morgan fingerprint density at radius 3 is 2.67 bits per heavy atom. The van der Waals surface area contributed by atoms with Gasteiger partial charge in [0.1, 0.15) is 5.82 Å². The molecule has 6 heteroatoms. The first-order valence-electron chi connectivity index (χ1n) is 7.03. The number of rotatable bonds is 6. The van der Waals surface area contributed by atoms with E-state index in [2.05, 4.69) is 17.6 Å². The molecule has 0 aromatic heterocycles. The molecule has 21 heavy (non-hydrogen) atoms. The van der Waals surface area contributed by atoms with Gasteiger partial charge in [-0.15, -0.1) is 0 Å². The van der Waals surface area contributed by atoms with E-state index in [1.54, 1.807) is 0 Å². The molecule has 0 unspecified atom stereocenters. The molecule has 1 aromatic rings. The summed E-state index contributed by atoms with van der Waals surface area (Å²) in [5.41, 5.74) is 0.0327. The molecule has 0 saturated heterocycles. The van der Waals surface area contributed by atoms with Crippen molar-refractivity contribution >= 4 is 17.7 Å². The Hall–Kier alpha value is -2.11. The van der Waals surface area contributed by atoms with Crippen LogP contribution in [0.5, 0.6) is 0 Å². The number of anilines is 1. The largest absolute Gasteiger partial charge is 0.478 e. The smallest absolute Gasteiger partial charge is 0.338 e. The lowest BCUT2D eigenvalue weighted by atomic mass is 10.0.